The molecule has 1 fully saturated rings. The number of epoxide rings is 1. The zero-order valence-corrected chi connectivity index (χ0v) is 7.60. The van der Waals surface area contributed by atoms with E-state index in [1.165, 1.54) is 0 Å². The Morgan fingerprint density at radius 1 is 1.50 bits per heavy atom. The highest BCUT2D eigenvalue weighted by atomic mass is 16.7. The lowest BCUT2D eigenvalue weighted by Gasteiger charge is -2.03. The molecule has 2 rings (SSSR count). The van der Waals surface area contributed by atoms with Gasteiger partial charge in [-0.3, -0.25) is 9.63 Å². The molecule has 1 atom stereocenters. The van der Waals surface area contributed by atoms with Crippen molar-refractivity contribution in [3.05, 3.63) is 35.9 Å². The number of hydrogen-bond acceptors (Lipinski definition) is 3. The van der Waals surface area contributed by atoms with E-state index in [1.54, 1.807) is 24.3 Å². The largest absolute Gasteiger partial charge is 0.371 e. The summed E-state index contributed by atoms with van der Waals surface area (Å²) in [7, 11) is 0. The molecular weight excluding hydrogens is 182 g/mol. The summed E-state index contributed by atoms with van der Waals surface area (Å²) in [5, 5.41) is 0. The average molecular weight is 193 g/mol. The van der Waals surface area contributed by atoms with Crippen molar-refractivity contribution < 1.29 is 14.4 Å². The summed E-state index contributed by atoms with van der Waals surface area (Å²) in [5.41, 5.74) is 2.94. The molecule has 1 aromatic rings. The highest BCUT2D eigenvalue weighted by molar-refractivity contribution is 5.93. The third kappa shape index (κ3) is 2.55. The van der Waals surface area contributed by atoms with Gasteiger partial charge in [0.25, 0.3) is 5.91 Å². The summed E-state index contributed by atoms with van der Waals surface area (Å²) < 4.78 is 4.92. The lowest BCUT2D eigenvalue weighted by atomic mass is 10.2. The zero-order valence-electron chi connectivity index (χ0n) is 7.60. The van der Waals surface area contributed by atoms with Gasteiger partial charge < -0.3 is 4.74 Å². The Morgan fingerprint density at radius 2 is 2.21 bits per heavy atom. The molecule has 0 aromatic heterocycles. The summed E-state index contributed by atoms with van der Waals surface area (Å²) in [5.74, 6) is -0.230. The van der Waals surface area contributed by atoms with Crippen molar-refractivity contribution >= 4 is 5.91 Å². The molecule has 4 nitrogen and oxygen atoms in total. The van der Waals surface area contributed by atoms with Crippen molar-refractivity contribution in [1.82, 2.24) is 5.48 Å². The van der Waals surface area contributed by atoms with Crippen LogP contribution in [0.15, 0.2) is 30.3 Å². The van der Waals surface area contributed by atoms with E-state index in [9.17, 15) is 4.79 Å². The third-order valence-electron chi connectivity index (χ3n) is 1.87. The molecule has 0 saturated carbocycles. The van der Waals surface area contributed by atoms with Crippen LogP contribution in [0.1, 0.15) is 10.4 Å². The van der Waals surface area contributed by atoms with Gasteiger partial charge in [0, 0.05) is 5.56 Å². The SMILES string of the molecule is O=C(NOCC1CO1)c1ccccc1. The molecule has 1 aliphatic heterocycles. The molecule has 1 N–H and O–H groups in total. The summed E-state index contributed by atoms with van der Waals surface area (Å²) in [6.45, 7) is 1.14. The minimum Gasteiger partial charge on any atom is -0.371 e. The van der Waals surface area contributed by atoms with Crippen molar-refractivity contribution in [2.75, 3.05) is 13.2 Å². The van der Waals surface area contributed by atoms with Crippen LogP contribution < -0.4 is 5.48 Å². The van der Waals surface area contributed by atoms with Crippen LogP contribution in [0.4, 0.5) is 0 Å². The number of benzene rings is 1. The highest BCUT2D eigenvalue weighted by Crippen LogP contribution is 2.07. The molecule has 1 saturated heterocycles. The number of rotatable bonds is 4. The van der Waals surface area contributed by atoms with Gasteiger partial charge in [0.2, 0.25) is 0 Å². The van der Waals surface area contributed by atoms with Gasteiger partial charge in [0.05, 0.1) is 6.61 Å². The molecule has 74 valence electrons. The minimum atomic E-state index is -0.230. The van der Waals surface area contributed by atoms with E-state index in [1.807, 2.05) is 6.07 Å². The average Bonchev–Trinajstić information content (AvgIpc) is 3.03. The Kier molecular flexibility index (Phi) is 2.76. The maximum atomic E-state index is 11.4. The molecule has 0 aliphatic carbocycles. The van der Waals surface area contributed by atoms with Crippen LogP contribution in [0.2, 0.25) is 0 Å². The molecule has 0 spiro atoms. The summed E-state index contributed by atoms with van der Waals surface area (Å²) >= 11 is 0. The number of hydrogen-bond donors (Lipinski definition) is 1. The second kappa shape index (κ2) is 4.21. The van der Waals surface area contributed by atoms with Gasteiger partial charge in [0.1, 0.15) is 12.7 Å². The number of nitrogens with one attached hydrogen (secondary N) is 1. The van der Waals surface area contributed by atoms with Crippen LogP contribution >= 0.6 is 0 Å². The zero-order chi connectivity index (χ0) is 9.80. The standard InChI is InChI=1S/C10H11NO3/c12-10(8-4-2-1-3-5-8)11-14-7-9-6-13-9/h1-5,9H,6-7H2,(H,11,12). The van der Waals surface area contributed by atoms with Crippen LogP contribution in [0, 0.1) is 0 Å². The fourth-order valence-electron chi connectivity index (χ4n) is 1.01. The van der Waals surface area contributed by atoms with Gasteiger partial charge in [-0.05, 0) is 12.1 Å². The maximum absolute atomic E-state index is 11.4. The van der Waals surface area contributed by atoms with E-state index in [-0.39, 0.29) is 12.0 Å². The molecule has 0 radical (unpaired) electrons. The van der Waals surface area contributed by atoms with Gasteiger partial charge >= 0.3 is 0 Å². The van der Waals surface area contributed by atoms with E-state index in [0.29, 0.717) is 12.2 Å². The Bertz CT molecular complexity index is 308. The first-order valence-corrected chi connectivity index (χ1v) is 4.45. The summed E-state index contributed by atoms with van der Waals surface area (Å²) in [4.78, 5) is 16.3. The minimum absolute atomic E-state index is 0.158. The Morgan fingerprint density at radius 3 is 2.86 bits per heavy atom. The van der Waals surface area contributed by atoms with Gasteiger partial charge in [-0.25, -0.2) is 5.48 Å². The van der Waals surface area contributed by atoms with Crippen molar-refractivity contribution in [3.63, 3.8) is 0 Å². The number of ether oxygens (including phenoxy) is 1. The van der Waals surface area contributed by atoms with Gasteiger partial charge in [-0.1, -0.05) is 18.2 Å². The molecule has 1 unspecified atom stereocenters. The Hall–Kier alpha value is -1.39. The maximum Gasteiger partial charge on any atom is 0.274 e. The van der Waals surface area contributed by atoms with E-state index >= 15 is 0 Å². The molecule has 1 heterocycles. The van der Waals surface area contributed by atoms with Crippen molar-refractivity contribution in [2.45, 2.75) is 6.10 Å². The molecule has 14 heavy (non-hydrogen) atoms. The monoisotopic (exact) mass is 193 g/mol. The van der Waals surface area contributed by atoms with Crippen molar-refractivity contribution in [1.29, 1.82) is 0 Å². The lowest BCUT2D eigenvalue weighted by Crippen LogP contribution is -2.25. The number of amides is 1. The Labute approximate surface area is 81.8 Å². The molecule has 1 aliphatic rings. The van der Waals surface area contributed by atoms with Crippen LogP contribution in [-0.4, -0.2) is 25.2 Å². The van der Waals surface area contributed by atoms with Gasteiger partial charge in [0.15, 0.2) is 0 Å². The van der Waals surface area contributed by atoms with E-state index in [0.717, 1.165) is 6.61 Å². The van der Waals surface area contributed by atoms with Crippen LogP contribution in [0.25, 0.3) is 0 Å². The topological polar surface area (TPSA) is 50.9 Å². The first-order valence-electron chi connectivity index (χ1n) is 4.45. The van der Waals surface area contributed by atoms with Crippen LogP contribution in [-0.2, 0) is 9.57 Å². The first kappa shape index (κ1) is 9.18. The normalized spacial score (nSPS) is 19.0. The molecular formula is C10H11NO3. The van der Waals surface area contributed by atoms with E-state index in [4.69, 9.17) is 9.57 Å². The fourth-order valence-corrected chi connectivity index (χ4v) is 1.01. The highest BCUT2D eigenvalue weighted by Gasteiger charge is 2.22. The van der Waals surface area contributed by atoms with Gasteiger partial charge in [-0.15, -0.1) is 0 Å². The lowest BCUT2D eigenvalue weighted by molar-refractivity contribution is 0.0254. The Balaban J connectivity index is 1.77. The van der Waals surface area contributed by atoms with E-state index in [2.05, 4.69) is 5.48 Å². The smallest absolute Gasteiger partial charge is 0.274 e. The van der Waals surface area contributed by atoms with Crippen molar-refractivity contribution in [2.24, 2.45) is 0 Å². The molecule has 1 amide bonds. The fraction of sp³-hybridized carbons (Fsp3) is 0.300. The second-order valence-electron chi connectivity index (χ2n) is 3.06. The third-order valence-corrected chi connectivity index (χ3v) is 1.87. The molecule has 1 aromatic carbocycles. The molecule has 0 bridgehead atoms. The van der Waals surface area contributed by atoms with Crippen LogP contribution in [0.5, 0.6) is 0 Å². The predicted octanol–water partition coefficient (Wildman–Crippen LogP) is 0.747. The quantitative estimate of drug-likeness (QED) is 0.567. The van der Waals surface area contributed by atoms with Crippen LogP contribution in [0.3, 0.4) is 0 Å². The second-order valence-corrected chi connectivity index (χ2v) is 3.06. The van der Waals surface area contributed by atoms with Gasteiger partial charge in [-0.2, -0.15) is 0 Å². The summed E-state index contributed by atoms with van der Waals surface area (Å²) in [6, 6.07) is 8.92. The number of carbonyl (C=O) groups is 1. The van der Waals surface area contributed by atoms with E-state index < -0.39 is 0 Å². The first-order chi connectivity index (χ1) is 6.86. The number of hydroxylamine groups is 1. The molecule has 4 heteroatoms. The summed E-state index contributed by atoms with van der Waals surface area (Å²) in [6.07, 6.45) is 0.158. The number of carbonyl (C=O) groups excluding carboxylic acids is 1. The van der Waals surface area contributed by atoms with Crippen molar-refractivity contribution in [3.8, 4) is 0 Å². The predicted molar refractivity (Wildman–Crippen MR) is 49.6 cm³/mol.